The number of carbonyl (C=O) groups excluding carboxylic acids is 1. The van der Waals surface area contributed by atoms with Gasteiger partial charge in [0, 0.05) is 23.4 Å². The van der Waals surface area contributed by atoms with Crippen LogP contribution in [0.3, 0.4) is 0 Å². The van der Waals surface area contributed by atoms with Crippen molar-refractivity contribution in [3.05, 3.63) is 46.2 Å². The van der Waals surface area contributed by atoms with Crippen LogP contribution in [0, 0.1) is 13.8 Å². The number of hydrogen-bond donors (Lipinski definition) is 1. The van der Waals surface area contributed by atoms with E-state index in [4.69, 9.17) is 15.0 Å². The number of rotatable bonds is 4. The van der Waals surface area contributed by atoms with Crippen molar-refractivity contribution in [1.82, 2.24) is 9.46 Å². The first-order valence-electron chi connectivity index (χ1n) is 8.66. The van der Waals surface area contributed by atoms with Gasteiger partial charge in [0.25, 0.3) is 5.91 Å². The van der Waals surface area contributed by atoms with Gasteiger partial charge in [-0.25, -0.2) is 8.42 Å². The van der Waals surface area contributed by atoms with E-state index in [2.05, 4.69) is 5.16 Å². The normalized spacial score (nSPS) is 18.6. The Hall–Kier alpha value is -2.27. The van der Waals surface area contributed by atoms with Crippen LogP contribution >= 0.6 is 11.3 Å². The molecule has 4 rings (SSSR count). The first-order chi connectivity index (χ1) is 13.3. The highest BCUT2D eigenvalue weighted by Crippen LogP contribution is 2.39. The van der Waals surface area contributed by atoms with E-state index in [0.717, 1.165) is 10.1 Å². The summed E-state index contributed by atoms with van der Waals surface area (Å²) >= 11 is 1.29. The fourth-order valence-electron chi connectivity index (χ4n) is 3.56. The van der Waals surface area contributed by atoms with Gasteiger partial charge in [-0.05, 0) is 25.3 Å². The molecule has 1 aliphatic rings. The van der Waals surface area contributed by atoms with E-state index in [1.807, 2.05) is 24.3 Å². The van der Waals surface area contributed by atoms with Crippen LogP contribution in [0.15, 0.2) is 33.7 Å². The fraction of sp³-hybridized carbons (Fsp3) is 0.333. The maximum Gasteiger partial charge on any atom is 0.259 e. The molecule has 10 heteroatoms. The summed E-state index contributed by atoms with van der Waals surface area (Å²) in [6.07, 6.45) is -0.595. The van der Waals surface area contributed by atoms with E-state index >= 15 is 0 Å². The molecule has 0 spiro atoms. The SMILES string of the molecule is Cc1noc(C)c1S(=O)(=O)N1CCO[C@H](c2c(C(N)=O)sc3ccccc23)C1. The first-order valence-corrected chi connectivity index (χ1v) is 10.9. The number of benzene rings is 1. The molecule has 148 valence electrons. The highest BCUT2D eigenvalue weighted by atomic mass is 32.2. The third-order valence-electron chi connectivity index (χ3n) is 4.77. The quantitative estimate of drug-likeness (QED) is 0.691. The number of amides is 1. The number of primary amides is 1. The first kappa shape index (κ1) is 19.1. The Labute approximate surface area is 165 Å². The Balaban J connectivity index is 1.75. The summed E-state index contributed by atoms with van der Waals surface area (Å²) in [5.41, 5.74) is 6.55. The van der Waals surface area contributed by atoms with Crippen LogP contribution in [-0.2, 0) is 14.8 Å². The standard InChI is InChI=1S/C18H19N3O5S2/c1-10-17(11(2)26-20-10)28(23,24)21-7-8-25-13(9-21)15-12-5-3-4-6-14(12)27-16(15)18(19)22/h3-6,13H,7-9H2,1-2H3,(H2,19,22)/t13-/m0/s1. The molecule has 0 saturated carbocycles. The molecule has 0 unspecified atom stereocenters. The number of nitrogens with zero attached hydrogens (tertiary/aromatic N) is 2. The second-order valence-electron chi connectivity index (χ2n) is 6.58. The Morgan fingerprint density at radius 1 is 1.32 bits per heavy atom. The number of thiophene rings is 1. The second-order valence-corrected chi connectivity index (χ2v) is 9.51. The highest BCUT2D eigenvalue weighted by molar-refractivity contribution is 7.89. The molecule has 2 aromatic heterocycles. The van der Waals surface area contributed by atoms with Crippen LogP contribution in [-0.4, -0.2) is 43.5 Å². The molecule has 1 saturated heterocycles. The van der Waals surface area contributed by atoms with Gasteiger partial charge in [0.2, 0.25) is 10.0 Å². The largest absolute Gasteiger partial charge is 0.371 e. The molecule has 2 N–H and O–H groups in total. The van der Waals surface area contributed by atoms with Crippen molar-refractivity contribution in [2.75, 3.05) is 19.7 Å². The van der Waals surface area contributed by atoms with Gasteiger partial charge in [-0.3, -0.25) is 4.79 Å². The molecule has 0 bridgehead atoms. The summed E-state index contributed by atoms with van der Waals surface area (Å²) < 4.78 is 39.5. The maximum atomic E-state index is 13.2. The number of hydrogen-bond acceptors (Lipinski definition) is 7. The lowest BCUT2D eigenvalue weighted by molar-refractivity contribution is -0.00192. The van der Waals surface area contributed by atoms with Crippen molar-refractivity contribution < 1.29 is 22.5 Å². The third kappa shape index (κ3) is 3.02. The molecule has 28 heavy (non-hydrogen) atoms. The van der Waals surface area contributed by atoms with Crippen molar-refractivity contribution in [2.24, 2.45) is 5.73 Å². The summed E-state index contributed by atoms with van der Waals surface area (Å²) in [5, 5.41) is 4.60. The summed E-state index contributed by atoms with van der Waals surface area (Å²) in [6.45, 7) is 3.65. The van der Waals surface area contributed by atoms with Gasteiger partial charge in [0.15, 0.2) is 5.76 Å². The number of fused-ring (bicyclic) bond motifs is 1. The van der Waals surface area contributed by atoms with Crippen molar-refractivity contribution in [2.45, 2.75) is 24.8 Å². The number of carbonyl (C=O) groups is 1. The number of ether oxygens (including phenoxy) is 1. The Morgan fingerprint density at radius 2 is 2.07 bits per heavy atom. The van der Waals surface area contributed by atoms with Crippen LogP contribution in [0.25, 0.3) is 10.1 Å². The van der Waals surface area contributed by atoms with E-state index in [-0.39, 0.29) is 30.4 Å². The predicted octanol–water partition coefficient (Wildman–Crippen LogP) is 2.37. The van der Waals surface area contributed by atoms with Crippen LogP contribution < -0.4 is 5.73 Å². The lowest BCUT2D eigenvalue weighted by Crippen LogP contribution is -2.42. The molecule has 8 nitrogen and oxygen atoms in total. The predicted molar refractivity (Wildman–Crippen MR) is 104 cm³/mol. The lowest BCUT2D eigenvalue weighted by Gasteiger charge is -2.32. The van der Waals surface area contributed by atoms with E-state index in [1.54, 1.807) is 13.8 Å². The monoisotopic (exact) mass is 421 g/mol. The van der Waals surface area contributed by atoms with E-state index < -0.39 is 22.0 Å². The van der Waals surface area contributed by atoms with Gasteiger partial charge in [-0.15, -0.1) is 11.3 Å². The van der Waals surface area contributed by atoms with Gasteiger partial charge in [0.1, 0.15) is 10.6 Å². The average Bonchev–Trinajstić information content (AvgIpc) is 3.22. The van der Waals surface area contributed by atoms with Gasteiger partial charge < -0.3 is 15.0 Å². The molecule has 0 aliphatic carbocycles. The van der Waals surface area contributed by atoms with Crippen LogP contribution in [0.2, 0.25) is 0 Å². The third-order valence-corrected chi connectivity index (χ3v) is 8.09. The number of aryl methyl sites for hydroxylation is 2. The number of aromatic nitrogens is 1. The smallest absolute Gasteiger partial charge is 0.259 e. The fourth-order valence-corrected chi connectivity index (χ4v) is 6.38. The topological polar surface area (TPSA) is 116 Å². The summed E-state index contributed by atoms with van der Waals surface area (Å²) in [7, 11) is -3.81. The number of sulfonamides is 1. The molecule has 1 fully saturated rings. The Kier molecular flexibility index (Phi) is 4.74. The molecular weight excluding hydrogens is 402 g/mol. The van der Waals surface area contributed by atoms with Gasteiger partial charge in [-0.1, -0.05) is 23.4 Å². The van der Waals surface area contributed by atoms with E-state index in [0.29, 0.717) is 16.1 Å². The zero-order valence-corrected chi connectivity index (χ0v) is 17.0. The molecule has 1 aliphatic heterocycles. The molecule has 1 amide bonds. The zero-order valence-electron chi connectivity index (χ0n) is 15.3. The molecule has 3 heterocycles. The molecule has 3 aromatic rings. The van der Waals surface area contributed by atoms with E-state index in [1.165, 1.54) is 15.6 Å². The van der Waals surface area contributed by atoms with Crippen LogP contribution in [0.1, 0.15) is 32.8 Å². The highest BCUT2D eigenvalue weighted by Gasteiger charge is 2.37. The summed E-state index contributed by atoms with van der Waals surface area (Å²) in [5.74, 6) is -0.301. The minimum absolute atomic E-state index is 0.0768. The van der Waals surface area contributed by atoms with Crippen molar-refractivity contribution in [3.8, 4) is 0 Å². The zero-order chi connectivity index (χ0) is 20.1. The van der Waals surface area contributed by atoms with E-state index in [9.17, 15) is 13.2 Å². The Bertz CT molecular complexity index is 1150. The minimum atomic E-state index is -3.81. The Morgan fingerprint density at radius 3 is 2.75 bits per heavy atom. The summed E-state index contributed by atoms with van der Waals surface area (Å²) in [4.78, 5) is 12.5. The maximum absolute atomic E-state index is 13.2. The van der Waals surface area contributed by atoms with Crippen molar-refractivity contribution in [1.29, 1.82) is 0 Å². The molecule has 0 radical (unpaired) electrons. The van der Waals surface area contributed by atoms with Crippen molar-refractivity contribution in [3.63, 3.8) is 0 Å². The lowest BCUT2D eigenvalue weighted by atomic mass is 10.0. The number of morpholine rings is 1. The average molecular weight is 422 g/mol. The van der Waals surface area contributed by atoms with Crippen molar-refractivity contribution >= 4 is 37.4 Å². The minimum Gasteiger partial charge on any atom is -0.371 e. The number of nitrogens with two attached hydrogens (primary N) is 1. The molecule has 1 atom stereocenters. The van der Waals surface area contributed by atoms with Crippen LogP contribution in [0.5, 0.6) is 0 Å². The van der Waals surface area contributed by atoms with Gasteiger partial charge in [-0.2, -0.15) is 4.31 Å². The van der Waals surface area contributed by atoms with Gasteiger partial charge in [0.05, 0.1) is 17.6 Å². The van der Waals surface area contributed by atoms with Gasteiger partial charge >= 0.3 is 0 Å². The molecular formula is C18H19N3O5S2. The second kappa shape index (κ2) is 6.96. The molecule has 1 aromatic carbocycles. The summed E-state index contributed by atoms with van der Waals surface area (Å²) in [6, 6.07) is 7.53. The van der Waals surface area contributed by atoms with Crippen LogP contribution in [0.4, 0.5) is 0 Å².